The van der Waals surface area contributed by atoms with Crippen LogP contribution in [0, 0.1) is 0 Å². The van der Waals surface area contributed by atoms with Crippen molar-refractivity contribution < 1.29 is 24.2 Å². The second-order valence-electron chi connectivity index (χ2n) is 8.86. The molecule has 6 nitrogen and oxygen atoms in total. The zero-order valence-corrected chi connectivity index (χ0v) is 19.5. The number of carbonyl (C=O) groups is 2. The van der Waals surface area contributed by atoms with E-state index in [1.54, 1.807) is 11.0 Å². The molecule has 2 heterocycles. The third-order valence-corrected chi connectivity index (χ3v) is 6.07. The third-order valence-electron chi connectivity index (χ3n) is 6.07. The minimum absolute atomic E-state index is 0.0410. The van der Waals surface area contributed by atoms with Crippen molar-refractivity contribution in [3.05, 3.63) is 64.7 Å². The van der Waals surface area contributed by atoms with Crippen molar-refractivity contribution in [1.29, 1.82) is 0 Å². The third kappa shape index (κ3) is 4.61. The lowest BCUT2D eigenvalue weighted by Crippen LogP contribution is -2.30. The molecule has 0 aliphatic carbocycles. The molecule has 2 aromatic rings. The molecule has 4 rings (SSSR count). The number of hydrogen-bond donors (Lipinski definition) is 1. The van der Waals surface area contributed by atoms with Crippen LogP contribution in [0.15, 0.2) is 48.0 Å². The monoisotopic (exact) mass is 449 g/mol. The Balaban J connectivity index is 1.76. The lowest BCUT2D eigenvalue weighted by Gasteiger charge is -2.25. The van der Waals surface area contributed by atoms with Crippen molar-refractivity contribution in [3.63, 3.8) is 0 Å². The number of aliphatic hydroxyl groups is 1. The van der Waals surface area contributed by atoms with Gasteiger partial charge in [0.15, 0.2) is 0 Å². The molecular weight excluding hydrogens is 418 g/mol. The maximum Gasteiger partial charge on any atom is 0.295 e. The van der Waals surface area contributed by atoms with Gasteiger partial charge in [-0.05, 0) is 61.7 Å². The summed E-state index contributed by atoms with van der Waals surface area (Å²) < 4.78 is 11.3. The summed E-state index contributed by atoms with van der Waals surface area (Å²) >= 11 is 0. The van der Waals surface area contributed by atoms with E-state index in [1.165, 1.54) is 0 Å². The van der Waals surface area contributed by atoms with E-state index in [4.69, 9.17) is 9.47 Å². The van der Waals surface area contributed by atoms with Gasteiger partial charge in [-0.1, -0.05) is 31.9 Å². The molecule has 0 radical (unpaired) electrons. The minimum Gasteiger partial charge on any atom is -0.507 e. The Morgan fingerprint density at radius 3 is 2.61 bits per heavy atom. The number of ether oxygens (including phenoxy) is 2. The number of likely N-dealkylation sites (tertiary alicyclic amines) is 1. The van der Waals surface area contributed by atoms with Crippen LogP contribution in [0.25, 0.3) is 5.76 Å². The highest BCUT2D eigenvalue weighted by atomic mass is 16.5. The molecule has 1 saturated heterocycles. The van der Waals surface area contributed by atoms with Gasteiger partial charge in [-0.2, -0.15) is 0 Å². The predicted molar refractivity (Wildman–Crippen MR) is 126 cm³/mol. The number of amides is 1. The topological polar surface area (TPSA) is 76.1 Å². The fourth-order valence-electron chi connectivity index (χ4n) is 4.48. The highest BCUT2D eigenvalue weighted by Gasteiger charge is 2.45. The van der Waals surface area contributed by atoms with E-state index >= 15 is 0 Å². The SMILES string of the molecule is CCCCCN1C(=O)C(=O)/C(=C(\O)c2ccc3c(c2)CCO3)C1c1ccc(OC(C)C)cc1. The fourth-order valence-corrected chi connectivity index (χ4v) is 4.48. The van der Waals surface area contributed by atoms with Gasteiger partial charge >= 0.3 is 0 Å². The van der Waals surface area contributed by atoms with Gasteiger partial charge < -0.3 is 19.5 Å². The predicted octanol–water partition coefficient (Wildman–Crippen LogP) is 5.02. The summed E-state index contributed by atoms with van der Waals surface area (Å²) in [4.78, 5) is 27.7. The number of unbranched alkanes of at least 4 members (excludes halogenated alkanes) is 2. The molecule has 174 valence electrons. The second-order valence-corrected chi connectivity index (χ2v) is 8.86. The lowest BCUT2D eigenvalue weighted by atomic mass is 9.94. The van der Waals surface area contributed by atoms with Crippen LogP contribution in [-0.4, -0.2) is 41.0 Å². The lowest BCUT2D eigenvalue weighted by molar-refractivity contribution is -0.139. The van der Waals surface area contributed by atoms with E-state index in [1.807, 2.05) is 50.2 Å². The Morgan fingerprint density at radius 1 is 1.15 bits per heavy atom. The van der Waals surface area contributed by atoms with Gasteiger partial charge in [0.2, 0.25) is 0 Å². The first-order chi connectivity index (χ1) is 15.9. The highest BCUT2D eigenvalue weighted by molar-refractivity contribution is 6.46. The molecule has 1 amide bonds. The smallest absolute Gasteiger partial charge is 0.295 e. The number of hydrogen-bond acceptors (Lipinski definition) is 5. The number of carbonyl (C=O) groups excluding carboxylic acids is 2. The minimum atomic E-state index is -0.645. The van der Waals surface area contributed by atoms with Gasteiger partial charge in [-0.25, -0.2) is 0 Å². The number of rotatable bonds is 8. The Morgan fingerprint density at radius 2 is 1.91 bits per heavy atom. The molecule has 0 spiro atoms. The van der Waals surface area contributed by atoms with Gasteiger partial charge in [0.25, 0.3) is 11.7 Å². The summed E-state index contributed by atoms with van der Waals surface area (Å²) in [6.45, 7) is 7.07. The largest absolute Gasteiger partial charge is 0.507 e. The molecule has 2 aromatic carbocycles. The van der Waals surface area contributed by atoms with E-state index in [-0.39, 0.29) is 17.4 Å². The molecule has 1 unspecified atom stereocenters. The molecule has 1 N–H and O–H groups in total. The molecule has 2 aliphatic heterocycles. The molecule has 33 heavy (non-hydrogen) atoms. The van der Waals surface area contributed by atoms with Crippen LogP contribution >= 0.6 is 0 Å². The number of ketones is 1. The maximum absolute atomic E-state index is 13.1. The first-order valence-corrected chi connectivity index (χ1v) is 11.7. The normalized spacial score (nSPS) is 19.2. The first-order valence-electron chi connectivity index (χ1n) is 11.7. The van der Waals surface area contributed by atoms with Crippen molar-refractivity contribution in [3.8, 4) is 11.5 Å². The zero-order chi connectivity index (χ0) is 23.5. The van der Waals surface area contributed by atoms with Crippen molar-refractivity contribution in [1.82, 2.24) is 4.90 Å². The van der Waals surface area contributed by atoms with Crippen LogP contribution in [-0.2, 0) is 16.0 Å². The van der Waals surface area contributed by atoms with E-state index in [9.17, 15) is 14.7 Å². The summed E-state index contributed by atoms with van der Waals surface area (Å²) in [7, 11) is 0. The van der Waals surface area contributed by atoms with Gasteiger partial charge in [-0.15, -0.1) is 0 Å². The molecule has 1 fully saturated rings. The number of aliphatic hydroxyl groups excluding tert-OH is 1. The standard InChI is InChI=1S/C27H31NO5/c1-4-5-6-14-28-24(18-7-10-21(11-8-18)33-17(2)3)23(26(30)27(28)31)25(29)20-9-12-22-19(16-20)13-15-32-22/h7-12,16-17,24,29H,4-6,13-15H2,1-3H3/b25-23-. The summed E-state index contributed by atoms with van der Waals surface area (Å²) in [6.07, 6.45) is 3.56. The molecule has 0 bridgehead atoms. The summed E-state index contributed by atoms with van der Waals surface area (Å²) in [6, 6.07) is 12.2. The number of Topliss-reactive ketones (excluding diaryl/α,β-unsaturated/α-hetero) is 1. The van der Waals surface area contributed by atoms with E-state index < -0.39 is 17.7 Å². The highest BCUT2D eigenvalue weighted by Crippen LogP contribution is 2.40. The fraction of sp³-hybridized carbons (Fsp3) is 0.407. The number of benzene rings is 2. The second kappa shape index (κ2) is 9.69. The van der Waals surface area contributed by atoms with Gasteiger partial charge in [0.05, 0.1) is 24.3 Å². The van der Waals surface area contributed by atoms with Crippen LogP contribution in [0.2, 0.25) is 0 Å². The molecule has 0 aromatic heterocycles. The average Bonchev–Trinajstić information content (AvgIpc) is 3.36. The number of fused-ring (bicyclic) bond motifs is 1. The van der Waals surface area contributed by atoms with Crippen molar-refractivity contribution >= 4 is 17.4 Å². The van der Waals surface area contributed by atoms with Crippen LogP contribution in [0.3, 0.4) is 0 Å². The molecule has 0 saturated carbocycles. The Hall–Kier alpha value is -3.28. The van der Waals surface area contributed by atoms with Gasteiger partial charge in [0, 0.05) is 18.5 Å². The molecule has 1 atom stereocenters. The molecule has 6 heteroatoms. The summed E-state index contributed by atoms with van der Waals surface area (Å²) in [5.74, 6) is 0.158. The Bertz CT molecular complexity index is 1070. The van der Waals surface area contributed by atoms with Crippen molar-refractivity contribution in [2.75, 3.05) is 13.2 Å². The average molecular weight is 450 g/mol. The Kier molecular flexibility index (Phi) is 6.72. The molecule has 2 aliphatic rings. The summed E-state index contributed by atoms with van der Waals surface area (Å²) in [5, 5.41) is 11.2. The van der Waals surface area contributed by atoms with Gasteiger partial charge in [0.1, 0.15) is 17.3 Å². The van der Waals surface area contributed by atoms with Crippen LogP contribution in [0.4, 0.5) is 0 Å². The molecular formula is C27H31NO5. The van der Waals surface area contributed by atoms with Crippen molar-refractivity contribution in [2.45, 2.75) is 58.6 Å². The van der Waals surface area contributed by atoms with E-state index in [0.717, 1.165) is 48.3 Å². The summed E-state index contributed by atoms with van der Waals surface area (Å²) in [5.41, 5.74) is 2.42. The Labute approximate surface area is 194 Å². The van der Waals surface area contributed by atoms with Crippen LogP contribution in [0.5, 0.6) is 11.5 Å². The van der Waals surface area contributed by atoms with Crippen LogP contribution < -0.4 is 9.47 Å². The van der Waals surface area contributed by atoms with Crippen molar-refractivity contribution in [2.24, 2.45) is 0 Å². The number of nitrogens with zero attached hydrogens (tertiary/aromatic N) is 1. The quantitative estimate of drug-likeness (QED) is 0.265. The first kappa shape index (κ1) is 22.9. The zero-order valence-electron chi connectivity index (χ0n) is 19.5. The van der Waals surface area contributed by atoms with E-state index in [0.29, 0.717) is 18.7 Å². The van der Waals surface area contributed by atoms with E-state index in [2.05, 4.69) is 6.92 Å². The maximum atomic E-state index is 13.1. The van der Waals surface area contributed by atoms with Crippen LogP contribution in [0.1, 0.15) is 62.8 Å². The van der Waals surface area contributed by atoms with Gasteiger partial charge in [-0.3, -0.25) is 9.59 Å².